The Kier molecular flexibility index (Phi) is 4.05. The van der Waals surface area contributed by atoms with Crippen molar-refractivity contribution in [2.45, 2.75) is 6.42 Å². The summed E-state index contributed by atoms with van der Waals surface area (Å²) < 4.78 is 5.81. The molecule has 23 heavy (non-hydrogen) atoms. The number of nitrogen functional groups attached to an aromatic ring is 1. The fourth-order valence-corrected chi connectivity index (χ4v) is 2.47. The molecule has 0 aliphatic rings. The summed E-state index contributed by atoms with van der Waals surface area (Å²) in [6, 6.07) is 12.1. The van der Waals surface area contributed by atoms with Crippen LogP contribution in [0.3, 0.4) is 0 Å². The van der Waals surface area contributed by atoms with Crippen LogP contribution < -0.4 is 10.5 Å². The summed E-state index contributed by atoms with van der Waals surface area (Å²) in [4.78, 5) is 14.7. The smallest absolute Gasteiger partial charge is 0.277 e. The lowest BCUT2D eigenvalue weighted by Crippen LogP contribution is -2.04. The van der Waals surface area contributed by atoms with Gasteiger partial charge in [-0.25, -0.2) is 0 Å². The molecular weight excluding hydrogens is 294 g/mol. The molecule has 0 amide bonds. The fourth-order valence-electron chi connectivity index (χ4n) is 2.47. The number of aromatic nitrogens is 1. The van der Waals surface area contributed by atoms with E-state index in [1.165, 1.54) is 6.07 Å². The lowest BCUT2D eigenvalue weighted by molar-refractivity contribution is -0.383. The van der Waals surface area contributed by atoms with Gasteiger partial charge >= 0.3 is 0 Å². The quantitative estimate of drug-likeness (QED) is 0.576. The van der Waals surface area contributed by atoms with E-state index in [0.717, 1.165) is 10.9 Å². The van der Waals surface area contributed by atoms with Crippen molar-refractivity contribution in [3.63, 3.8) is 0 Å². The summed E-state index contributed by atoms with van der Waals surface area (Å²) in [7, 11) is 0. The number of hydrogen-bond acceptors (Lipinski definition) is 5. The topological polar surface area (TPSA) is 91.3 Å². The summed E-state index contributed by atoms with van der Waals surface area (Å²) in [5.41, 5.74) is 7.52. The van der Waals surface area contributed by atoms with Gasteiger partial charge < -0.3 is 10.5 Å². The minimum absolute atomic E-state index is 0.0753. The number of anilines is 1. The number of nitro groups is 1. The highest BCUT2D eigenvalue weighted by Crippen LogP contribution is 2.32. The number of nitro benzene ring substituents is 1. The van der Waals surface area contributed by atoms with Gasteiger partial charge in [0.1, 0.15) is 5.75 Å². The first-order chi connectivity index (χ1) is 11.2. The Labute approximate surface area is 132 Å². The highest BCUT2D eigenvalue weighted by Gasteiger charge is 2.14. The zero-order valence-corrected chi connectivity index (χ0v) is 12.3. The van der Waals surface area contributed by atoms with Gasteiger partial charge in [-0.1, -0.05) is 18.2 Å². The van der Waals surface area contributed by atoms with Crippen LogP contribution >= 0.6 is 0 Å². The van der Waals surface area contributed by atoms with Gasteiger partial charge in [0.2, 0.25) is 0 Å². The highest BCUT2D eigenvalue weighted by molar-refractivity contribution is 5.95. The first-order valence-corrected chi connectivity index (χ1v) is 7.14. The number of non-ortho nitro benzene ring substituents is 1. The maximum Gasteiger partial charge on any atom is 0.277 e. The minimum atomic E-state index is -0.385. The van der Waals surface area contributed by atoms with Crippen molar-refractivity contribution < 1.29 is 9.66 Å². The normalized spacial score (nSPS) is 10.6. The van der Waals surface area contributed by atoms with E-state index in [-0.39, 0.29) is 10.6 Å². The number of hydrogen-bond donors (Lipinski definition) is 1. The van der Waals surface area contributed by atoms with E-state index >= 15 is 0 Å². The van der Waals surface area contributed by atoms with E-state index < -0.39 is 0 Å². The molecule has 3 rings (SSSR count). The van der Waals surface area contributed by atoms with Gasteiger partial charge in [0.15, 0.2) is 0 Å². The van der Waals surface area contributed by atoms with E-state index in [9.17, 15) is 10.1 Å². The first kappa shape index (κ1) is 14.8. The van der Waals surface area contributed by atoms with Crippen LogP contribution in [0, 0.1) is 10.1 Å². The minimum Gasteiger partial charge on any atom is -0.493 e. The number of nitrogens with two attached hydrogens (primary N) is 1. The second kappa shape index (κ2) is 6.31. The Balaban J connectivity index is 1.83. The van der Waals surface area contributed by atoms with Crippen molar-refractivity contribution in [3.05, 3.63) is 70.5 Å². The molecule has 6 heteroatoms. The summed E-state index contributed by atoms with van der Waals surface area (Å²) >= 11 is 0. The summed E-state index contributed by atoms with van der Waals surface area (Å²) in [5, 5.41) is 12.4. The fraction of sp³-hybridized carbons (Fsp3) is 0.118. The average molecular weight is 309 g/mol. The van der Waals surface area contributed by atoms with E-state index in [1.54, 1.807) is 30.6 Å². The number of rotatable bonds is 5. The van der Waals surface area contributed by atoms with Gasteiger partial charge in [0.05, 0.1) is 28.8 Å². The van der Waals surface area contributed by atoms with Gasteiger partial charge in [-0.2, -0.15) is 0 Å². The van der Waals surface area contributed by atoms with E-state index in [2.05, 4.69) is 4.98 Å². The molecule has 3 aromatic rings. The number of ether oxygens (including phenoxy) is 1. The molecule has 0 aliphatic heterocycles. The number of pyridine rings is 1. The van der Waals surface area contributed by atoms with Crippen LogP contribution in [0.5, 0.6) is 5.75 Å². The van der Waals surface area contributed by atoms with Gasteiger partial charge in [-0.05, 0) is 23.8 Å². The summed E-state index contributed by atoms with van der Waals surface area (Å²) in [6.07, 6.45) is 3.93. The van der Waals surface area contributed by atoms with Gasteiger partial charge in [0, 0.05) is 24.1 Å². The van der Waals surface area contributed by atoms with Gasteiger partial charge in [-0.3, -0.25) is 15.1 Å². The molecule has 0 fully saturated rings. The molecule has 0 saturated heterocycles. The molecule has 0 saturated carbocycles. The third-order valence-electron chi connectivity index (χ3n) is 3.63. The molecule has 0 atom stereocenters. The van der Waals surface area contributed by atoms with E-state index in [1.807, 2.05) is 18.2 Å². The lowest BCUT2D eigenvalue weighted by Gasteiger charge is -2.10. The Bertz CT molecular complexity index is 865. The summed E-state index contributed by atoms with van der Waals surface area (Å²) in [6.45, 7) is 0.427. The maximum absolute atomic E-state index is 11.1. The van der Waals surface area contributed by atoms with Crippen molar-refractivity contribution in [1.29, 1.82) is 0 Å². The van der Waals surface area contributed by atoms with Crippen LogP contribution in [-0.2, 0) is 6.42 Å². The van der Waals surface area contributed by atoms with Crippen molar-refractivity contribution in [2.75, 3.05) is 12.3 Å². The Morgan fingerprint density at radius 2 is 1.91 bits per heavy atom. The molecule has 0 bridgehead atoms. The second-order valence-corrected chi connectivity index (χ2v) is 5.06. The molecule has 0 spiro atoms. The van der Waals surface area contributed by atoms with Crippen molar-refractivity contribution in [1.82, 2.24) is 4.98 Å². The number of fused-ring (bicyclic) bond motifs is 1. The standard InChI is InChI=1S/C17H15N3O3/c18-15-11-19-9-7-12(15)8-10-23-17-6-5-16(20(21)22)13-3-1-2-4-14(13)17/h1-7,9,11H,8,10,18H2. The third kappa shape index (κ3) is 3.06. The first-order valence-electron chi connectivity index (χ1n) is 7.14. The monoisotopic (exact) mass is 309 g/mol. The zero-order chi connectivity index (χ0) is 16.2. The maximum atomic E-state index is 11.1. The Morgan fingerprint density at radius 1 is 1.13 bits per heavy atom. The molecule has 1 aromatic heterocycles. The zero-order valence-electron chi connectivity index (χ0n) is 12.3. The van der Waals surface area contributed by atoms with Crippen LogP contribution in [0.4, 0.5) is 11.4 Å². The molecule has 2 aromatic carbocycles. The van der Waals surface area contributed by atoms with Crippen LogP contribution in [0.15, 0.2) is 54.9 Å². The van der Waals surface area contributed by atoms with Crippen LogP contribution in [-0.4, -0.2) is 16.5 Å². The Hall–Kier alpha value is -3.15. The van der Waals surface area contributed by atoms with Gasteiger partial charge in [-0.15, -0.1) is 0 Å². The molecular formula is C17H15N3O3. The van der Waals surface area contributed by atoms with E-state index in [0.29, 0.717) is 29.9 Å². The molecule has 1 heterocycles. The van der Waals surface area contributed by atoms with E-state index in [4.69, 9.17) is 10.5 Å². The molecule has 0 unspecified atom stereocenters. The molecule has 2 N–H and O–H groups in total. The highest BCUT2D eigenvalue weighted by atomic mass is 16.6. The SMILES string of the molecule is Nc1cnccc1CCOc1ccc([N+](=O)[O-])c2ccccc12. The van der Waals surface area contributed by atoms with Crippen molar-refractivity contribution in [2.24, 2.45) is 0 Å². The predicted octanol–water partition coefficient (Wildman–Crippen LogP) is 3.35. The predicted molar refractivity (Wildman–Crippen MR) is 88.5 cm³/mol. The second-order valence-electron chi connectivity index (χ2n) is 5.06. The molecule has 0 radical (unpaired) electrons. The number of nitrogens with zero attached hydrogens (tertiary/aromatic N) is 2. The average Bonchev–Trinajstić information content (AvgIpc) is 2.56. The largest absolute Gasteiger partial charge is 0.493 e. The third-order valence-corrected chi connectivity index (χ3v) is 3.63. The molecule has 0 aliphatic carbocycles. The van der Waals surface area contributed by atoms with Gasteiger partial charge in [0.25, 0.3) is 5.69 Å². The van der Waals surface area contributed by atoms with Crippen molar-refractivity contribution >= 4 is 22.1 Å². The van der Waals surface area contributed by atoms with Crippen LogP contribution in [0.25, 0.3) is 10.8 Å². The Morgan fingerprint density at radius 3 is 2.65 bits per heavy atom. The lowest BCUT2D eigenvalue weighted by atomic mass is 10.1. The number of benzene rings is 2. The van der Waals surface area contributed by atoms with Crippen LogP contribution in [0.1, 0.15) is 5.56 Å². The van der Waals surface area contributed by atoms with Crippen molar-refractivity contribution in [3.8, 4) is 5.75 Å². The molecule has 6 nitrogen and oxygen atoms in total. The summed E-state index contributed by atoms with van der Waals surface area (Å²) in [5.74, 6) is 0.624. The molecule has 116 valence electrons. The van der Waals surface area contributed by atoms with Crippen LogP contribution in [0.2, 0.25) is 0 Å².